The smallest absolute Gasteiger partial charge is 0.316 e. The van der Waals surface area contributed by atoms with Crippen LogP contribution in [0.25, 0.3) is 0 Å². The van der Waals surface area contributed by atoms with E-state index in [1.165, 1.54) is 19.3 Å². The lowest BCUT2D eigenvalue weighted by molar-refractivity contribution is -0.118. The van der Waals surface area contributed by atoms with Crippen molar-refractivity contribution in [3.05, 3.63) is 30.3 Å². The highest BCUT2D eigenvalue weighted by molar-refractivity contribution is 7.80. The number of hydrogen-bond donors (Lipinski definition) is 1. The maximum atomic E-state index is 12.3. The zero-order valence-corrected chi connectivity index (χ0v) is 20.8. The second-order valence-corrected chi connectivity index (χ2v) is 9.70. The van der Waals surface area contributed by atoms with Crippen LogP contribution in [-0.2, 0) is 19.4 Å². The van der Waals surface area contributed by atoms with E-state index in [-0.39, 0.29) is 5.91 Å². The van der Waals surface area contributed by atoms with E-state index in [4.69, 9.17) is 8.74 Å². The molecular weight excluding hydrogens is 426 g/mol. The third kappa shape index (κ3) is 14.6. The van der Waals surface area contributed by atoms with Crippen molar-refractivity contribution in [3.8, 4) is 0 Å². The minimum Gasteiger partial charge on any atom is -0.316 e. The van der Waals surface area contributed by atoms with E-state index in [9.17, 15) is 13.2 Å². The molecule has 0 bridgehead atoms. The van der Waals surface area contributed by atoms with E-state index in [1.54, 1.807) is 4.90 Å². The molecule has 0 saturated carbocycles. The number of carbonyl (C=O) groups excluding carboxylic acids is 1. The van der Waals surface area contributed by atoms with Crippen LogP contribution in [0, 0.1) is 0 Å². The van der Waals surface area contributed by atoms with Crippen molar-refractivity contribution >= 4 is 22.0 Å². The van der Waals surface area contributed by atoms with Crippen LogP contribution in [0.2, 0.25) is 0 Å². The van der Waals surface area contributed by atoms with Gasteiger partial charge in [0, 0.05) is 19.2 Å². The van der Waals surface area contributed by atoms with Crippen LogP contribution < -0.4 is 4.90 Å². The van der Waals surface area contributed by atoms with E-state index >= 15 is 0 Å². The zero-order chi connectivity index (χ0) is 23.7. The normalized spacial score (nSPS) is 12.6. The molecule has 6 nitrogen and oxygen atoms in total. The second-order valence-electron chi connectivity index (χ2n) is 8.65. The van der Waals surface area contributed by atoms with Gasteiger partial charge in [-0.05, 0) is 31.4 Å². The number of carbonyl (C=O) groups is 1. The van der Waals surface area contributed by atoms with E-state index in [0.717, 1.165) is 63.5 Å². The first-order valence-electron chi connectivity index (χ1n) is 12.3. The van der Waals surface area contributed by atoms with Crippen LogP contribution in [0.3, 0.4) is 0 Å². The third-order valence-corrected chi connectivity index (χ3v) is 6.34. The van der Waals surface area contributed by atoms with E-state index in [1.807, 2.05) is 37.4 Å². The number of amides is 1. The first-order chi connectivity index (χ1) is 15.3. The Balaban J connectivity index is 2.13. The molecule has 1 amide bonds. The number of rotatable bonds is 19. The summed E-state index contributed by atoms with van der Waals surface area (Å²) in [5.41, 5.74) is 0.917. The van der Waals surface area contributed by atoms with Crippen LogP contribution >= 0.6 is 0 Å². The molecule has 0 aliphatic rings. The Hall–Kier alpha value is -1.44. The number of hydrogen-bond acceptors (Lipinski definition) is 4. The summed E-state index contributed by atoms with van der Waals surface area (Å²) in [5, 5.41) is 0. The molecule has 184 valence electrons. The van der Waals surface area contributed by atoms with Gasteiger partial charge in [0.25, 0.3) is 0 Å². The summed E-state index contributed by atoms with van der Waals surface area (Å²) in [5.74, 6) is 0.135. The molecule has 0 aromatic heterocycles. The number of benzene rings is 1. The number of para-hydroxylation sites is 1. The lowest BCUT2D eigenvalue weighted by Crippen LogP contribution is -2.25. The quantitative estimate of drug-likeness (QED) is 0.180. The van der Waals surface area contributed by atoms with Gasteiger partial charge in [-0.2, -0.15) is 8.42 Å². The predicted molar refractivity (Wildman–Crippen MR) is 131 cm³/mol. The highest BCUT2D eigenvalue weighted by atomic mass is 32.3. The molecule has 0 aliphatic carbocycles. The fourth-order valence-electron chi connectivity index (χ4n) is 3.88. The minimum atomic E-state index is -4.40. The summed E-state index contributed by atoms with van der Waals surface area (Å²) >= 11 is 0. The largest absolute Gasteiger partial charge is 0.397 e. The Morgan fingerprint density at radius 1 is 0.875 bits per heavy atom. The molecule has 1 rings (SSSR count). The van der Waals surface area contributed by atoms with Crippen molar-refractivity contribution in [1.29, 1.82) is 0 Å². The van der Waals surface area contributed by atoms with Gasteiger partial charge < -0.3 is 4.90 Å². The lowest BCUT2D eigenvalue weighted by atomic mass is 10.0. The van der Waals surface area contributed by atoms with E-state index in [2.05, 4.69) is 6.92 Å². The molecule has 7 heteroatoms. The SMILES string of the molecule is CCCCCCCCC(CCCCCCCCC(=O)N(C)c1ccccc1)OS(=O)(=O)O. The molecule has 32 heavy (non-hydrogen) atoms. The molecule has 1 N–H and O–H groups in total. The summed E-state index contributed by atoms with van der Waals surface area (Å²) in [7, 11) is -2.59. The monoisotopic (exact) mass is 469 g/mol. The van der Waals surface area contributed by atoms with Gasteiger partial charge in [0.2, 0.25) is 5.91 Å². The Morgan fingerprint density at radius 2 is 1.38 bits per heavy atom. The van der Waals surface area contributed by atoms with Gasteiger partial charge in [-0.25, -0.2) is 4.18 Å². The molecule has 0 saturated heterocycles. The molecule has 1 aromatic carbocycles. The van der Waals surface area contributed by atoms with Crippen LogP contribution in [0.5, 0.6) is 0 Å². The zero-order valence-electron chi connectivity index (χ0n) is 20.0. The Bertz CT molecular complexity index is 708. The first kappa shape index (κ1) is 28.6. The van der Waals surface area contributed by atoms with Crippen LogP contribution in [0.1, 0.15) is 103 Å². The van der Waals surface area contributed by atoms with Crippen LogP contribution in [-0.4, -0.2) is 32.0 Å². The topological polar surface area (TPSA) is 83.9 Å². The van der Waals surface area contributed by atoms with Gasteiger partial charge in [0.1, 0.15) is 0 Å². The summed E-state index contributed by atoms with van der Waals surface area (Å²) in [6.45, 7) is 2.18. The maximum Gasteiger partial charge on any atom is 0.397 e. The fraction of sp³-hybridized carbons (Fsp3) is 0.720. The molecule has 0 heterocycles. The average molecular weight is 470 g/mol. The van der Waals surface area contributed by atoms with Crippen molar-refractivity contribution in [2.75, 3.05) is 11.9 Å². The van der Waals surface area contributed by atoms with Gasteiger partial charge in [-0.15, -0.1) is 0 Å². The molecule has 1 aromatic rings. The minimum absolute atomic E-state index is 0.135. The summed E-state index contributed by atoms with van der Waals surface area (Å²) in [6.07, 6.45) is 14.1. The van der Waals surface area contributed by atoms with Gasteiger partial charge in [0.15, 0.2) is 0 Å². The molecule has 0 fully saturated rings. The Kier molecular flexibility index (Phi) is 15.3. The number of unbranched alkanes of at least 4 members (excludes halogenated alkanes) is 10. The lowest BCUT2D eigenvalue weighted by Gasteiger charge is -2.17. The molecule has 0 aliphatic heterocycles. The molecule has 0 spiro atoms. The number of anilines is 1. The fourth-order valence-corrected chi connectivity index (χ4v) is 4.42. The van der Waals surface area contributed by atoms with Gasteiger partial charge >= 0.3 is 10.4 Å². The van der Waals surface area contributed by atoms with Crippen LogP contribution in [0.15, 0.2) is 30.3 Å². The Morgan fingerprint density at radius 3 is 1.91 bits per heavy atom. The molecule has 1 atom stereocenters. The summed E-state index contributed by atoms with van der Waals surface area (Å²) < 4.78 is 36.2. The van der Waals surface area contributed by atoms with Crippen molar-refractivity contribution in [3.63, 3.8) is 0 Å². The highest BCUT2D eigenvalue weighted by Crippen LogP contribution is 2.19. The average Bonchev–Trinajstić information content (AvgIpc) is 2.76. The maximum absolute atomic E-state index is 12.3. The third-order valence-electron chi connectivity index (χ3n) is 5.82. The predicted octanol–water partition coefficient (Wildman–Crippen LogP) is 6.71. The summed E-state index contributed by atoms with van der Waals surface area (Å²) in [6, 6.07) is 9.66. The highest BCUT2D eigenvalue weighted by Gasteiger charge is 2.16. The van der Waals surface area contributed by atoms with Gasteiger partial charge in [-0.1, -0.05) is 95.8 Å². The Labute approximate surface area is 195 Å². The summed E-state index contributed by atoms with van der Waals surface area (Å²) in [4.78, 5) is 14.0. The number of nitrogens with zero attached hydrogens (tertiary/aromatic N) is 1. The van der Waals surface area contributed by atoms with Crippen molar-refractivity contribution in [2.45, 2.75) is 109 Å². The molecular formula is C25H43NO5S. The van der Waals surface area contributed by atoms with Crippen molar-refractivity contribution in [1.82, 2.24) is 0 Å². The molecule has 0 radical (unpaired) electrons. The van der Waals surface area contributed by atoms with Crippen molar-refractivity contribution in [2.24, 2.45) is 0 Å². The van der Waals surface area contributed by atoms with Gasteiger partial charge in [-0.3, -0.25) is 9.35 Å². The second kappa shape index (κ2) is 17.1. The van der Waals surface area contributed by atoms with Crippen molar-refractivity contribution < 1.29 is 21.9 Å². The molecule has 1 unspecified atom stereocenters. The van der Waals surface area contributed by atoms with E-state index in [0.29, 0.717) is 19.3 Å². The van der Waals surface area contributed by atoms with Crippen LogP contribution in [0.4, 0.5) is 5.69 Å². The standard InChI is InChI=1S/C25H43NO5S/c1-3-4-5-6-9-15-20-24(31-32(28,29)30)21-16-10-7-8-11-17-22-25(27)26(2)23-18-13-12-14-19-23/h12-14,18-19,24H,3-11,15-17,20-22H2,1-2H3,(H,28,29,30). The first-order valence-corrected chi connectivity index (χ1v) is 13.7. The van der Waals surface area contributed by atoms with E-state index < -0.39 is 16.5 Å². The van der Waals surface area contributed by atoms with Gasteiger partial charge in [0.05, 0.1) is 6.10 Å².